The highest BCUT2D eigenvalue weighted by Gasteiger charge is 2.28. The molecule has 1 amide bonds. The molecule has 2 aromatic rings. The Kier molecular flexibility index (Phi) is 8.71. The fourth-order valence-electron chi connectivity index (χ4n) is 4.89. The van der Waals surface area contributed by atoms with Crippen LogP contribution >= 0.6 is 0 Å². The molecule has 2 aromatic carbocycles. The molecule has 4 atom stereocenters. The molecule has 0 aromatic heterocycles. The monoisotopic (exact) mass is 506 g/mol. The number of nitrogens with one attached hydrogen (secondary N) is 2. The smallest absolute Gasteiger partial charge is 0.228 e. The Morgan fingerprint density at radius 2 is 1.97 bits per heavy atom. The number of guanidine groups is 1. The van der Waals surface area contributed by atoms with Gasteiger partial charge in [-0.15, -0.1) is 0 Å². The summed E-state index contributed by atoms with van der Waals surface area (Å²) in [7, 11) is 1.74. The average molecular weight is 507 g/mol. The van der Waals surface area contributed by atoms with Crippen molar-refractivity contribution in [3.63, 3.8) is 0 Å². The highest BCUT2D eigenvalue weighted by Crippen LogP contribution is 2.37. The van der Waals surface area contributed by atoms with Gasteiger partial charge in [-0.2, -0.15) is 0 Å². The quantitative estimate of drug-likeness (QED) is 0.550. The second-order valence-corrected chi connectivity index (χ2v) is 9.91. The molecular weight excluding hydrogens is 468 g/mol. The van der Waals surface area contributed by atoms with Gasteiger partial charge in [-0.25, -0.2) is 4.99 Å². The first kappa shape index (κ1) is 26.5. The maximum atomic E-state index is 10.8. The molecule has 198 valence electrons. The van der Waals surface area contributed by atoms with Crippen LogP contribution in [0.25, 0.3) is 5.70 Å². The van der Waals surface area contributed by atoms with E-state index in [4.69, 9.17) is 19.9 Å². The van der Waals surface area contributed by atoms with Crippen molar-refractivity contribution in [3.05, 3.63) is 65.7 Å². The lowest BCUT2D eigenvalue weighted by molar-refractivity contribution is -0.120. The van der Waals surface area contributed by atoms with Crippen LogP contribution in [-0.4, -0.2) is 44.8 Å². The van der Waals surface area contributed by atoms with Crippen LogP contribution in [0.3, 0.4) is 0 Å². The molecule has 0 aliphatic carbocycles. The third-order valence-electron chi connectivity index (χ3n) is 6.93. The van der Waals surface area contributed by atoms with Gasteiger partial charge in [-0.05, 0) is 48.2 Å². The summed E-state index contributed by atoms with van der Waals surface area (Å²) in [5.74, 6) is 2.93. The van der Waals surface area contributed by atoms with E-state index in [1.54, 1.807) is 7.11 Å². The normalized spacial score (nSPS) is 24.0. The number of benzene rings is 2. The predicted molar refractivity (Wildman–Crippen MR) is 145 cm³/mol. The van der Waals surface area contributed by atoms with Crippen LogP contribution in [0.2, 0.25) is 0 Å². The average Bonchev–Trinajstić information content (AvgIpc) is 2.90. The Morgan fingerprint density at radius 3 is 2.73 bits per heavy atom. The van der Waals surface area contributed by atoms with Gasteiger partial charge in [-0.3, -0.25) is 10.1 Å². The number of ether oxygens (including phenoxy) is 3. The number of hydrogen-bond acceptors (Lipinski definition) is 7. The maximum absolute atomic E-state index is 10.8. The van der Waals surface area contributed by atoms with Gasteiger partial charge in [0.15, 0.2) is 5.96 Å². The Bertz CT molecular complexity index is 1150. The zero-order chi connectivity index (χ0) is 26.4. The molecule has 0 spiro atoms. The van der Waals surface area contributed by atoms with Gasteiger partial charge in [0.1, 0.15) is 11.5 Å². The molecule has 8 nitrogen and oxygen atoms in total. The number of fused-ring (bicyclic) bond motifs is 2. The summed E-state index contributed by atoms with van der Waals surface area (Å²) < 4.78 is 17.1. The summed E-state index contributed by atoms with van der Waals surface area (Å²) in [6, 6.07) is 14.9. The Balaban J connectivity index is 0.000000270. The number of carbonyl (C=O) groups excluding carboxylic acids is 1. The second-order valence-electron chi connectivity index (χ2n) is 9.91. The van der Waals surface area contributed by atoms with E-state index in [0.717, 1.165) is 48.8 Å². The van der Waals surface area contributed by atoms with E-state index in [0.29, 0.717) is 24.9 Å². The summed E-state index contributed by atoms with van der Waals surface area (Å²) in [6.45, 7) is 10.7. The van der Waals surface area contributed by atoms with E-state index >= 15 is 0 Å². The zero-order valence-corrected chi connectivity index (χ0v) is 22.0. The Labute approximate surface area is 219 Å². The molecule has 0 saturated carbocycles. The van der Waals surface area contributed by atoms with Crippen LogP contribution in [0.4, 0.5) is 0 Å². The van der Waals surface area contributed by atoms with Crippen molar-refractivity contribution in [1.82, 2.24) is 10.6 Å². The van der Waals surface area contributed by atoms with Gasteiger partial charge < -0.3 is 25.3 Å². The molecule has 3 aliphatic heterocycles. The molecule has 4 unspecified atom stereocenters. The Morgan fingerprint density at radius 1 is 1.19 bits per heavy atom. The molecule has 4 N–H and O–H groups in total. The van der Waals surface area contributed by atoms with Crippen LogP contribution in [0.1, 0.15) is 49.4 Å². The number of nitrogens with two attached hydrogens (primary N) is 1. The minimum absolute atomic E-state index is 0.0284. The number of para-hydroxylation sites is 1. The van der Waals surface area contributed by atoms with Crippen LogP contribution in [0.15, 0.2) is 54.0 Å². The molecule has 0 saturated heterocycles. The predicted octanol–water partition coefficient (Wildman–Crippen LogP) is 3.81. The van der Waals surface area contributed by atoms with Crippen LogP contribution in [0.5, 0.6) is 11.5 Å². The number of methoxy groups -OCH3 is 1. The maximum Gasteiger partial charge on any atom is 0.228 e. The van der Waals surface area contributed by atoms with E-state index in [2.05, 4.69) is 59.5 Å². The van der Waals surface area contributed by atoms with E-state index in [1.807, 2.05) is 19.1 Å². The fourth-order valence-corrected chi connectivity index (χ4v) is 4.89. The zero-order valence-electron chi connectivity index (χ0n) is 22.0. The summed E-state index contributed by atoms with van der Waals surface area (Å²) in [5.41, 5.74) is 9.76. The van der Waals surface area contributed by atoms with Crippen molar-refractivity contribution in [1.29, 1.82) is 0 Å². The van der Waals surface area contributed by atoms with Gasteiger partial charge in [0, 0.05) is 36.6 Å². The lowest BCUT2D eigenvalue weighted by Crippen LogP contribution is -2.43. The molecular formula is C29H38N4O4. The lowest BCUT2D eigenvalue weighted by atomic mass is 9.91. The van der Waals surface area contributed by atoms with Crippen LogP contribution in [0, 0.1) is 11.8 Å². The van der Waals surface area contributed by atoms with E-state index < -0.39 is 0 Å². The standard InChI is InChI=1S/C23H27NO3.C6H11N3O/c1-15-12-26-22-7-5-4-6-20(22)23(15)24-16(2)18-8-9-21-19(11-18)10-17(13-25-3)14-27-21;1-2-4-3-5(10)9-6(7)8-4/h4-9,11,15,17,23-24H,2,10,12-14H2,1,3H3;4H,2-3H2,1H3,(H3,7,8,9,10). The molecule has 37 heavy (non-hydrogen) atoms. The van der Waals surface area contributed by atoms with Crippen LogP contribution in [-0.2, 0) is 16.0 Å². The molecule has 0 radical (unpaired) electrons. The van der Waals surface area contributed by atoms with Gasteiger partial charge in [0.05, 0.1) is 31.9 Å². The molecule has 5 rings (SSSR count). The molecule has 3 heterocycles. The molecule has 3 aliphatic rings. The van der Waals surface area contributed by atoms with Crippen molar-refractivity contribution in [2.45, 2.75) is 45.2 Å². The number of rotatable bonds is 6. The highest BCUT2D eigenvalue weighted by atomic mass is 16.5. The third kappa shape index (κ3) is 6.63. The number of aliphatic imine (C=N–C) groups is 1. The van der Waals surface area contributed by atoms with Crippen molar-refractivity contribution in [2.75, 3.05) is 26.9 Å². The fraction of sp³-hybridized carbons (Fsp3) is 0.448. The van der Waals surface area contributed by atoms with Crippen LogP contribution < -0.4 is 25.8 Å². The first-order valence-electron chi connectivity index (χ1n) is 12.9. The Hall–Kier alpha value is -3.52. The number of amides is 1. The first-order chi connectivity index (χ1) is 17.9. The second kappa shape index (κ2) is 12.1. The topological polar surface area (TPSA) is 107 Å². The lowest BCUT2D eigenvalue weighted by Gasteiger charge is -2.33. The van der Waals surface area contributed by atoms with E-state index in [1.165, 1.54) is 11.1 Å². The summed E-state index contributed by atoms with van der Waals surface area (Å²) >= 11 is 0. The molecule has 8 heteroatoms. The molecule has 0 bridgehead atoms. The number of nitrogens with zero attached hydrogens (tertiary/aromatic N) is 1. The van der Waals surface area contributed by atoms with Gasteiger partial charge in [0.25, 0.3) is 0 Å². The molecule has 0 fully saturated rings. The van der Waals surface area contributed by atoms with Crippen molar-refractivity contribution < 1.29 is 19.0 Å². The SMILES string of the molecule is C=C(NC1c2ccccc2OCC1C)c1ccc2c(c1)CC(COC)CO2.CCC1CC(=O)NC(N)=N1. The highest BCUT2D eigenvalue weighted by molar-refractivity contribution is 5.98. The van der Waals surface area contributed by atoms with Crippen molar-refractivity contribution >= 4 is 17.6 Å². The summed E-state index contributed by atoms with van der Waals surface area (Å²) in [4.78, 5) is 14.8. The summed E-state index contributed by atoms with van der Waals surface area (Å²) in [6.07, 6.45) is 2.31. The van der Waals surface area contributed by atoms with Crippen molar-refractivity contribution in [3.8, 4) is 11.5 Å². The largest absolute Gasteiger partial charge is 0.493 e. The third-order valence-corrected chi connectivity index (χ3v) is 6.93. The number of carbonyl (C=O) groups is 1. The van der Waals surface area contributed by atoms with Gasteiger partial charge in [-0.1, -0.05) is 38.6 Å². The summed E-state index contributed by atoms with van der Waals surface area (Å²) in [5, 5.41) is 6.08. The van der Waals surface area contributed by atoms with Gasteiger partial charge in [0.2, 0.25) is 5.91 Å². The minimum atomic E-state index is -0.0284. The van der Waals surface area contributed by atoms with E-state index in [9.17, 15) is 4.79 Å². The minimum Gasteiger partial charge on any atom is -0.493 e. The van der Waals surface area contributed by atoms with E-state index in [-0.39, 0.29) is 24.0 Å². The first-order valence-corrected chi connectivity index (χ1v) is 12.9. The van der Waals surface area contributed by atoms with Gasteiger partial charge >= 0.3 is 0 Å². The number of hydrogen-bond donors (Lipinski definition) is 3. The van der Waals surface area contributed by atoms with Crippen molar-refractivity contribution in [2.24, 2.45) is 22.6 Å².